The molecule has 0 aromatic heterocycles. The lowest BCUT2D eigenvalue weighted by Crippen LogP contribution is -2.31. The molecule has 0 aromatic carbocycles. The number of hydrogen-bond acceptors (Lipinski definition) is 2. The van der Waals surface area contributed by atoms with Crippen LogP contribution < -0.4 is 11.1 Å². The minimum Gasteiger partial charge on any atom is -0.368 e. The third-order valence-electron chi connectivity index (χ3n) is 0.622. The molecule has 0 unspecified atom stereocenters. The van der Waals surface area contributed by atoms with Crippen LogP contribution in [0.15, 0.2) is 12.7 Å². The van der Waals surface area contributed by atoms with Gasteiger partial charge in [0.1, 0.15) is 0 Å². The first-order chi connectivity index (χ1) is 4.16. The fraction of sp³-hybridized carbons (Fsp3) is 0.200. The zero-order chi connectivity index (χ0) is 7.28. The van der Waals surface area contributed by atoms with E-state index in [4.69, 9.17) is 5.73 Å². The molecule has 0 aromatic rings. The van der Waals surface area contributed by atoms with Crippen LogP contribution in [-0.4, -0.2) is 18.4 Å². The number of amides is 2. The van der Waals surface area contributed by atoms with Gasteiger partial charge in [-0.05, 0) is 6.08 Å². The van der Waals surface area contributed by atoms with Crippen molar-refractivity contribution < 1.29 is 11.0 Å². The lowest BCUT2D eigenvalue weighted by Gasteiger charge is -1.94. The molecule has 0 aliphatic carbocycles. The van der Waals surface area contributed by atoms with E-state index in [0.29, 0.717) is 0 Å². The van der Waals surface area contributed by atoms with Gasteiger partial charge < -0.3 is 11.1 Å². The molecule has 0 saturated heterocycles. The van der Waals surface area contributed by atoms with E-state index in [9.17, 15) is 9.59 Å². The van der Waals surface area contributed by atoms with Crippen molar-refractivity contribution in [2.24, 2.45) is 5.73 Å². The van der Waals surface area contributed by atoms with Crippen LogP contribution in [0.1, 0.15) is 1.43 Å². The maximum atomic E-state index is 10.3. The maximum absolute atomic E-state index is 10.3. The second-order valence-corrected chi connectivity index (χ2v) is 1.39. The van der Waals surface area contributed by atoms with Gasteiger partial charge >= 0.3 is 1.43 Å². The van der Waals surface area contributed by atoms with Crippen LogP contribution in [0.5, 0.6) is 0 Å². The highest BCUT2D eigenvalue weighted by Crippen LogP contribution is 1.63. The van der Waals surface area contributed by atoms with Crippen molar-refractivity contribution >= 4 is 11.8 Å². The Balaban J connectivity index is 0. The first-order valence-electron chi connectivity index (χ1n) is 2.35. The van der Waals surface area contributed by atoms with E-state index in [1.54, 1.807) is 0 Å². The summed E-state index contributed by atoms with van der Waals surface area (Å²) in [6.45, 7) is 3.04. The monoisotopic (exact) mass is 129 g/mol. The molecule has 3 N–H and O–H groups in total. The summed E-state index contributed by atoms with van der Waals surface area (Å²) < 4.78 is 0. The molecule has 0 aliphatic rings. The van der Waals surface area contributed by atoms with E-state index in [0.717, 1.165) is 6.08 Å². The van der Waals surface area contributed by atoms with Gasteiger partial charge in [-0.2, -0.15) is 0 Å². The van der Waals surface area contributed by atoms with Crippen LogP contribution >= 0.6 is 0 Å². The minimum absolute atomic E-state index is 0. The molecule has 0 fully saturated rings. The SMILES string of the molecule is C=CC(=O)NCC(N)=O.[H+]. The zero-order valence-electron chi connectivity index (χ0n) is 5.89. The Bertz CT molecular complexity index is 147. The Morgan fingerprint density at radius 3 is 2.67 bits per heavy atom. The molecule has 0 bridgehead atoms. The Kier molecular flexibility index (Phi) is 3.12. The summed E-state index contributed by atoms with van der Waals surface area (Å²) in [6, 6.07) is 0. The van der Waals surface area contributed by atoms with Gasteiger partial charge in [0.15, 0.2) is 0 Å². The van der Waals surface area contributed by atoms with Gasteiger partial charge in [-0.25, -0.2) is 0 Å². The molecule has 0 atom stereocenters. The van der Waals surface area contributed by atoms with Gasteiger partial charge in [0.05, 0.1) is 6.54 Å². The Morgan fingerprint density at radius 2 is 2.33 bits per heavy atom. The molecule has 50 valence electrons. The minimum atomic E-state index is -0.565. The molecular formula is C5H9N2O2+. The van der Waals surface area contributed by atoms with E-state index >= 15 is 0 Å². The number of hydrogen-bond donors (Lipinski definition) is 2. The van der Waals surface area contributed by atoms with Gasteiger partial charge in [0.2, 0.25) is 11.8 Å². The molecule has 9 heavy (non-hydrogen) atoms. The van der Waals surface area contributed by atoms with Crippen molar-refractivity contribution in [1.29, 1.82) is 0 Å². The highest BCUT2D eigenvalue weighted by molar-refractivity contribution is 5.90. The van der Waals surface area contributed by atoms with Crippen LogP contribution in [0, 0.1) is 0 Å². The predicted octanol–water partition coefficient (Wildman–Crippen LogP) is -1.11. The molecule has 0 aliphatic heterocycles. The van der Waals surface area contributed by atoms with Crippen molar-refractivity contribution in [2.75, 3.05) is 6.54 Å². The second kappa shape index (κ2) is 3.65. The standard InChI is InChI=1S/C5H8N2O2/c1-2-5(9)7-3-4(6)8/h2H,1,3H2,(H2,6,8)(H,7,9)/p+1. The fourth-order valence-corrected chi connectivity index (χ4v) is 0.246. The van der Waals surface area contributed by atoms with E-state index in [1.165, 1.54) is 0 Å². The van der Waals surface area contributed by atoms with Gasteiger partial charge in [-0.15, -0.1) is 0 Å². The van der Waals surface area contributed by atoms with Gasteiger partial charge in [0.25, 0.3) is 0 Å². The average molecular weight is 129 g/mol. The average Bonchev–Trinajstić information content (AvgIpc) is 1.83. The van der Waals surface area contributed by atoms with Crippen LogP contribution in [0.4, 0.5) is 0 Å². The summed E-state index contributed by atoms with van der Waals surface area (Å²) in [7, 11) is 0. The summed E-state index contributed by atoms with van der Waals surface area (Å²) in [5, 5.41) is 2.20. The van der Waals surface area contributed by atoms with Crippen LogP contribution in [0.2, 0.25) is 0 Å². The summed E-state index contributed by atoms with van der Waals surface area (Å²) in [4.78, 5) is 20.3. The third-order valence-corrected chi connectivity index (χ3v) is 0.622. The lowest BCUT2D eigenvalue weighted by atomic mass is 10.5. The van der Waals surface area contributed by atoms with Gasteiger partial charge in [0, 0.05) is 0 Å². The Hall–Kier alpha value is -1.32. The van der Waals surface area contributed by atoms with Gasteiger partial charge in [-0.1, -0.05) is 6.58 Å². The number of primary amides is 1. The van der Waals surface area contributed by atoms with E-state index in [1.807, 2.05) is 0 Å². The molecule has 4 nitrogen and oxygen atoms in total. The first-order valence-corrected chi connectivity index (χ1v) is 2.35. The largest absolute Gasteiger partial charge is 1.00 e. The number of nitrogens with one attached hydrogen (secondary N) is 1. The maximum Gasteiger partial charge on any atom is 1.00 e. The topological polar surface area (TPSA) is 72.2 Å². The summed E-state index contributed by atoms with van der Waals surface area (Å²) in [6.07, 6.45) is 1.07. The van der Waals surface area contributed by atoms with Crippen molar-refractivity contribution in [3.8, 4) is 0 Å². The number of carbonyl (C=O) groups is 2. The van der Waals surface area contributed by atoms with E-state index in [-0.39, 0.29) is 7.97 Å². The highest BCUT2D eigenvalue weighted by atomic mass is 16.2. The molecule has 2 amide bonds. The van der Waals surface area contributed by atoms with Crippen LogP contribution in [-0.2, 0) is 9.59 Å². The molecule has 0 spiro atoms. The molecule has 0 saturated carbocycles. The third kappa shape index (κ3) is 4.53. The highest BCUT2D eigenvalue weighted by Gasteiger charge is 1.94. The molecule has 0 heterocycles. The Labute approximate surface area is 54.2 Å². The van der Waals surface area contributed by atoms with Crippen molar-refractivity contribution in [3.63, 3.8) is 0 Å². The smallest absolute Gasteiger partial charge is 0.368 e. The quantitative estimate of drug-likeness (QED) is 0.474. The molecule has 0 radical (unpaired) electrons. The summed E-state index contributed by atoms with van der Waals surface area (Å²) >= 11 is 0. The summed E-state index contributed by atoms with van der Waals surface area (Å²) in [5.74, 6) is -0.959. The normalized spacial score (nSPS) is 8.00. The van der Waals surface area contributed by atoms with E-state index in [2.05, 4.69) is 11.9 Å². The predicted molar refractivity (Wildman–Crippen MR) is 33.5 cm³/mol. The van der Waals surface area contributed by atoms with Gasteiger partial charge in [-0.3, -0.25) is 9.59 Å². The first kappa shape index (κ1) is 7.68. The molecular weight excluding hydrogens is 120 g/mol. The Morgan fingerprint density at radius 1 is 1.78 bits per heavy atom. The van der Waals surface area contributed by atoms with Crippen LogP contribution in [0.25, 0.3) is 0 Å². The molecule has 4 heteroatoms. The van der Waals surface area contributed by atoms with Crippen molar-refractivity contribution in [1.82, 2.24) is 5.32 Å². The summed E-state index contributed by atoms with van der Waals surface area (Å²) in [5.41, 5.74) is 4.71. The lowest BCUT2D eigenvalue weighted by molar-refractivity contribution is -0.122. The fourth-order valence-electron chi connectivity index (χ4n) is 0.246. The van der Waals surface area contributed by atoms with Crippen molar-refractivity contribution in [2.45, 2.75) is 0 Å². The van der Waals surface area contributed by atoms with Crippen molar-refractivity contribution in [3.05, 3.63) is 12.7 Å². The number of carbonyl (C=O) groups excluding carboxylic acids is 2. The molecule has 0 rings (SSSR count). The number of nitrogens with two attached hydrogens (primary N) is 1. The number of rotatable bonds is 3. The van der Waals surface area contributed by atoms with Crippen LogP contribution in [0.3, 0.4) is 0 Å². The van der Waals surface area contributed by atoms with E-state index < -0.39 is 11.8 Å². The second-order valence-electron chi connectivity index (χ2n) is 1.39. The zero-order valence-corrected chi connectivity index (χ0v) is 4.89.